The molecule has 0 fully saturated rings. The van der Waals surface area contributed by atoms with Gasteiger partial charge in [0.2, 0.25) is 0 Å². The minimum atomic E-state index is -4.73. The summed E-state index contributed by atoms with van der Waals surface area (Å²) in [5.74, 6) is 0. The summed E-state index contributed by atoms with van der Waals surface area (Å²) in [7, 11) is -4.73. The maximum Gasteiger partial charge on any atom is 1.00 e. The molecule has 7 nitrogen and oxygen atoms in total. The van der Waals surface area contributed by atoms with Gasteiger partial charge in [-0.2, -0.15) is 10.4 Å². The van der Waals surface area contributed by atoms with Crippen molar-refractivity contribution in [3.05, 3.63) is 96.1 Å². The van der Waals surface area contributed by atoms with Gasteiger partial charge < -0.3 is 10.3 Å². The van der Waals surface area contributed by atoms with Crippen LogP contribution in [-0.2, 0) is 10.1 Å². The van der Waals surface area contributed by atoms with E-state index in [1.54, 1.807) is 48.5 Å². The van der Waals surface area contributed by atoms with Crippen LogP contribution in [0.4, 0.5) is 17.1 Å². The Hall–Kier alpha value is -3.32. The molecule has 0 radical (unpaired) electrons. The molecule has 0 saturated carbocycles. The van der Waals surface area contributed by atoms with Crippen molar-refractivity contribution in [3.8, 4) is 6.07 Å². The zero-order valence-electron chi connectivity index (χ0n) is 18.2. The van der Waals surface area contributed by atoms with Crippen LogP contribution in [0, 0.1) is 11.3 Å². The van der Waals surface area contributed by atoms with E-state index in [0.29, 0.717) is 16.6 Å². The normalized spacial score (nSPS) is 11.8. The maximum atomic E-state index is 11.7. The molecule has 0 amide bonds. The maximum absolute atomic E-state index is 11.7. The van der Waals surface area contributed by atoms with Gasteiger partial charge >= 0.3 is 29.6 Å². The van der Waals surface area contributed by atoms with E-state index in [0.717, 1.165) is 17.2 Å². The molecule has 0 atom stereocenters. The Bertz CT molecular complexity index is 1540. The third-order valence-electron chi connectivity index (χ3n) is 4.98. The Kier molecular flexibility index (Phi) is 7.99. The molecule has 0 aromatic heterocycles. The van der Waals surface area contributed by atoms with Gasteiger partial charge in [0.25, 0.3) is 0 Å². The Morgan fingerprint density at radius 3 is 2.15 bits per heavy atom. The molecule has 4 rings (SSSR count). The number of rotatable bonds is 5. The Balaban J connectivity index is 0.00000324. The van der Waals surface area contributed by atoms with E-state index in [4.69, 9.17) is 5.73 Å². The predicted octanol–water partition coefficient (Wildman–Crippen LogP) is 2.81. The minimum absolute atomic E-state index is 0. The first-order chi connectivity index (χ1) is 15.9. The second-order valence-electron chi connectivity index (χ2n) is 7.13. The molecule has 4 aromatic rings. The monoisotopic (exact) mass is 476 g/mol. The number of nitrogens with two attached hydrogens (primary N) is 1. The third kappa shape index (κ3) is 5.59. The first-order valence-electron chi connectivity index (χ1n) is 9.83. The molecule has 34 heavy (non-hydrogen) atoms. The third-order valence-corrected chi connectivity index (χ3v) is 5.85. The number of nitrogens with zero attached hydrogens (tertiary/aromatic N) is 3. The van der Waals surface area contributed by atoms with Gasteiger partial charge in [-0.05, 0) is 35.4 Å². The first-order valence-corrected chi connectivity index (χ1v) is 11.2. The molecule has 4 aromatic carbocycles. The van der Waals surface area contributed by atoms with Crippen molar-refractivity contribution in [1.29, 1.82) is 5.26 Å². The number of nitriles is 1. The van der Waals surface area contributed by atoms with Gasteiger partial charge in [-0.1, -0.05) is 66.7 Å². The number of hydrogen-bond acceptors (Lipinski definition) is 7. The Morgan fingerprint density at radius 2 is 1.53 bits per heavy atom. The fourth-order valence-electron chi connectivity index (χ4n) is 3.35. The number of fused-ring (bicyclic) bond motifs is 1. The van der Waals surface area contributed by atoms with E-state index in [-0.39, 0.29) is 46.3 Å². The molecular weight excluding hydrogens is 459 g/mol. The van der Waals surface area contributed by atoms with E-state index >= 15 is 0 Å². The number of azo groups is 1. The Labute approximate surface area is 219 Å². The summed E-state index contributed by atoms with van der Waals surface area (Å²) in [6.07, 6.45) is 1.77. The SMILES string of the molecule is N#CC(=Cc1ccc(N=Nc2cc(S(=O)(=O)[O-])c3ccccc3c2N)cc1)c1ccccc1.[Na+]. The number of hydrogen-bond donors (Lipinski definition) is 1. The van der Waals surface area contributed by atoms with Gasteiger partial charge in [0.05, 0.1) is 27.9 Å². The summed E-state index contributed by atoms with van der Waals surface area (Å²) in [4.78, 5) is -0.397. The van der Waals surface area contributed by atoms with Gasteiger partial charge in [-0.15, -0.1) is 5.11 Å². The van der Waals surface area contributed by atoms with E-state index in [9.17, 15) is 18.2 Å². The van der Waals surface area contributed by atoms with Crippen molar-refractivity contribution >= 4 is 49.6 Å². The van der Waals surface area contributed by atoms with Crippen LogP contribution in [0.5, 0.6) is 0 Å². The average Bonchev–Trinajstić information content (AvgIpc) is 2.83. The summed E-state index contributed by atoms with van der Waals surface area (Å²) in [5, 5.41) is 18.3. The molecule has 0 aliphatic carbocycles. The predicted molar refractivity (Wildman–Crippen MR) is 127 cm³/mol. The van der Waals surface area contributed by atoms with Gasteiger partial charge in [-0.3, -0.25) is 0 Å². The number of anilines is 1. The van der Waals surface area contributed by atoms with Crippen LogP contribution in [0.3, 0.4) is 0 Å². The van der Waals surface area contributed by atoms with Crippen LogP contribution in [0.25, 0.3) is 22.4 Å². The fraction of sp³-hybridized carbons (Fsp3) is 0. The zero-order valence-corrected chi connectivity index (χ0v) is 21.0. The van der Waals surface area contributed by atoms with Gasteiger partial charge in [0.15, 0.2) is 0 Å². The molecule has 0 aliphatic rings. The van der Waals surface area contributed by atoms with Gasteiger partial charge in [0.1, 0.15) is 15.8 Å². The summed E-state index contributed by atoms with van der Waals surface area (Å²) < 4.78 is 35.2. The molecular formula is C25H17N4NaO3S. The summed E-state index contributed by atoms with van der Waals surface area (Å²) in [6.45, 7) is 0. The van der Waals surface area contributed by atoms with E-state index in [2.05, 4.69) is 16.3 Å². The average molecular weight is 476 g/mol. The summed E-state index contributed by atoms with van der Waals surface area (Å²) >= 11 is 0. The summed E-state index contributed by atoms with van der Waals surface area (Å²) in [6, 6.07) is 26.1. The smallest absolute Gasteiger partial charge is 0.744 e. The van der Waals surface area contributed by atoms with Crippen molar-refractivity contribution in [3.63, 3.8) is 0 Å². The molecule has 0 bridgehead atoms. The van der Waals surface area contributed by atoms with Crippen LogP contribution in [0.2, 0.25) is 0 Å². The molecule has 0 saturated heterocycles. The van der Waals surface area contributed by atoms with Crippen LogP contribution in [0.1, 0.15) is 11.1 Å². The first kappa shape index (κ1) is 25.3. The topological polar surface area (TPSA) is 132 Å². The fourth-order valence-corrected chi connectivity index (χ4v) is 4.06. The molecule has 0 unspecified atom stereocenters. The zero-order chi connectivity index (χ0) is 23.4. The molecule has 162 valence electrons. The van der Waals surface area contributed by atoms with Crippen LogP contribution in [0.15, 0.2) is 100 Å². The molecule has 0 heterocycles. The van der Waals surface area contributed by atoms with Crippen molar-refractivity contribution in [2.75, 3.05) is 5.73 Å². The van der Waals surface area contributed by atoms with Crippen LogP contribution >= 0.6 is 0 Å². The van der Waals surface area contributed by atoms with Gasteiger partial charge in [0, 0.05) is 10.8 Å². The van der Waals surface area contributed by atoms with Crippen LogP contribution < -0.4 is 35.3 Å². The second kappa shape index (κ2) is 10.7. The number of allylic oxidation sites excluding steroid dienone is 1. The second-order valence-corrected chi connectivity index (χ2v) is 8.48. The van der Waals surface area contributed by atoms with E-state index in [1.807, 2.05) is 30.3 Å². The van der Waals surface area contributed by atoms with Crippen molar-refractivity contribution in [2.45, 2.75) is 4.90 Å². The molecule has 0 aliphatic heterocycles. The quantitative estimate of drug-likeness (QED) is 0.118. The standard InChI is InChI=1S/C25H18N4O3S.Na/c26-16-19(18-6-2-1-3-7-18)14-17-10-12-20(13-11-17)28-29-23-15-24(33(30,31)32)21-8-4-5-9-22(21)25(23)27;/h1-15H,27H2,(H,30,31,32);/q;+1/p-1. The van der Waals surface area contributed by atoms with E-state index < -0.39 is 15.0 Å². The number of benzene rings is 4. The van der Waals surface area contributed by atoms with E-state index in [1.165, 1.54) is 6.07 Å². The molecule has 0 spiro atoms. The largest absolute Gasteiger partial charge is 1.00 e. The van der Waals surface area contributed by atoms with Crippen molar-refractivity contribution < 1.29 is 42.5 Å². The van der Waals surface area contributed by atoms with Gasteiger partial charge in [-0.25, -0.2) is 8.42 Å². The Morgan fingerprint density at radius 1 is 0.912 bits per heavy atom. The molecule has 2 N–H and O–H groups in total. The number of nitrogen functional groups attached to an aromatic ring is 1. The summed E-state index contributed by atoms with van der Waals surface area (Å²) in [5.41, 5.74) is 9.11. The van der Waals surface area contributed by atoms with Crippen LogP contribution in [-0.4, -0.2) is 13.0 Å². The molecule has 9 heteroatoms. The minimum Gasteiger partial charge on any atom is -0.744 e. The van der Waals surface area contributed by atoms with Crippen molar-refractivity contribution in [2.24, 2.45) is 10.2 Å². The van der Waals surface area contributed by atoms with Crippen molar-refractivity contribution in [1.82, 2.24) is 0 Å².